The lowest BCUT2D eigenvalue weighted by molar-refractivity contribution is -0.0781. The van der Waals surface area contributed by atoms with E-state index in [2.05, 4.69) is 35.6 Å². The van der Waals surface area contributed by atoms with Gasteiger partial charge in [-0.3, -0.25) is 14.8 Å². The number of rotatable bonds is 6. The number of β-amino-alcohol motifs (C(OH)–C–C–N with tert-alkyl or cyclic N) is 1. The Morgan fingerprint density at radius 2 is 2.05 bits per heavy atom. The summed E-state index contributed by atoms with van der Waals surface area (Å²) in [6.07, 6.45) is 1.92. The number of hydrogen-bond donors (Lipinski definition) is 1. The van der Waals surface area contributed by atoms with E-state index in [1.54, 1.807) is 0 Å². The molecule has 4 unspecified atom stereocenters. The van der Waals surface area contributed by atoms with E-state index in [9.17, 15) is 5.11 Å². The van der Waals surface area contributed by atoms with Gasteiger partial charge in [0.05, 0.1) is 24.0 Å². The van der Waals surface area contributed by atoms with Gasteiger partial charge in [-0.15, -0.1) is 0 Å². The minimum absolute atomic E-state index is 0.193. The van der Waals surface area contributed by atoms with Crippen LogP contribution >= 0.6 is 0 Å². The third kappa shape index (κ3) is 5.02. The van der Waals surface area contributed by atoms with Crippen LogP contribution in [0.2, 0.25) is 0 Å². The zero-order valence-corrected chi connectivity index (χ0v) is 14.1. The molecule has 0 amide bonds. The van der Waals surface area contributed by atoms with Gasteiger partial charge in [-0.1, -0.05) is 6.07 Å². The summed E-state index contributed by atoms with van der Waals surface area (Å²) >= 11 is 0. The molecule has 5 heteroatoms. The number of morpholine rings is 1. The number of aromatic nitrogens is 1. The molecule has 1 fully saturated rings. The van der Waals surface area contributed by atoms with Crippen molar-refractivity contribution in [3.05, 3.63) is 30.1 Å². The van der Waals surface area contributed by atoms with E-state index in [1.807, 2.05) is 31.4 Å². The predicted octanol–water partition coefficient (Wildman–Crippen LogP) is 1.54. The maximum absolute atomic E-state index is 10.4. The number of pyridine rings is 1. The molecule has 0 saturated carbocycles. The normalized spacial score (nSPS) is 26.1. The second kappa shape index (κ2) is 8.02. The number of ether oxygens (including phenoxy) is 1. The first kappa shape index (κ1) is 17.3. The zero-order valence-electron chi connectivity index (χ0n) is 14.1. The standard InChI is InChI=1S/C17H29N3O2/c1-13-9-20(10-14(2)22-13)12-16(21)11-19(4)15(3)17-7-5-6-8-18-17/h5-8,13-16,21H,9-12H2,1-4H3. The highest BCUT2D eigenvalue weighted by atomic mass is 16.5. The van der Waals surface area contributed by atoms with Crippen molar-refractivity contribution in [3.8, 4) is 0 Å². The van der Waals surface area contributed by atoms with Crippen LogP contribution in [0, 0.1) is 0 Å². The average molecular weight is 307 g/mol. The molecule has 1 aliphatic rings. The van der Waals surface area contributed by atoms with E-state index in [0.717, 1.165) is 18.8 Å². The summed E-state index contributed by atoms with van der Waals surface area (Å²) < 4.78 is 5.73. The quantitative estimate of drug-likeness (QED) is 0.864. The molecule has 0 aromatic carbocycles. The predicted molar refractivity (Wildman–Crippen MR) is 87.7 cm³/mol. The first-order chi connectivity index (χ1) is 10.5. The highest BCUT2D eigenvalue weighted by Gasteiger charge is 2.25. The lowest BCUT2D eigenvalue weighted by Gasteiger charge is -2.37. The first-order valence-electron chi connectivity index (χ1n) is 8.12. The average Bonchev–Trinajstić information content (AvgIpc) is 2.46. The zero-order chi connectivity index (χ0) is 16.1. The van der Waals surface area contributed by atoms with Crippen LogP contribution in [0.25, 0.3) is 0 Å². The Labute approximate surface area is 133 Å². The molecule has 124 valence electrons. The minimum atomic E-state index is -0.367. The maximum atomic E-state index is 10.4. The van der Waals surface area contributed by atoms with Gasteiger partial charge < -0.3 is 9.84 Å². The molecule has 5 nitrogen and oxygen atoms in total. The van der Waals surface area contributed by atoms with Crippen LogP contribution in [0.4, 0.5) is 0 Å². The van der Waals surface area contributed by atoms with Crippen LogP contribution in [0.1, 0.15) is 32.5 Å². The fraction of sp³-hybridized carbons (Fsp3) is 0.706. The van der Waals surface area contributed by atoms with Gasteiger partial charge in [-0.25, -0.2) is 0 Å². The van der Waals surface area contributed by atoms with Crippen LogP contribution < -0.4 is 0 Å². The number of nitrogens with zero attached hydrogens (tertiary/aromatic N) is 3. The molecule has 1 aromatic heterocycles. The number of aliphatic hydroxyl groups is 1. The molecule has 0 bridgehead atoms. The van der Waals surface area contributed by atoms with Gasteiger partial charge in [0.25, 0.3) is 0 Å². The largest absolute Gasteiger partial charge is 0.390 e. The van der Waals surface area contributed by atoms with Gasteiger partial charge >= 0.3 is 0 Å². The Bertz CT molecular complexity index is 433. The number of hydrogen-bond acceptors (Lipinski definition) is 5. The van der Waals surface area contributed by atoms with Gasteiger partial charge in [0.1, 0.15) is 0 Å². The van der Waals surface area contributed by atoms with Crippen molar-refractivity contribution in [2.24, 2.45) is 0 Å². The van der Waals surface area contributed by atoms with Crippen LogP contribution in [0.3, 0.4) is 0 Å². The topological polar surface area (TPSA) is 48.8 Å². The van der Waals surface area contributed by atoms with Crippen molar-refractivity contribution in [1.82, 2.24) is 14.8 Å². The molecule has 0 spiro atoms. The molecule has 1 aromatic rings. The Balaban J connectivity index is 1.82. The summed E-state index contributed by atoms with van der Waals surface area (Å²) in [5.74, 6) is 0. The van der Waals surface area contributed by atoms with Gasteiger partial charge in [-0.05, 0) is 40.0 Å². The summed E-state index contributed by atoms with van der Waals surface area (Å²) in [4.78, 5) is 8.84. The highest BCUT2D eigenvalue weighted by molar-refractivity contribution is 5.07. The van der Waals surface area contributed by atoms with Crippen molar-refractivity contribution in [3.63, 3.8) is 0 Å². The molecule has 0 radical (unpaired) electrons. The van der Waals surface area contributed by atoms with E-state index >= 15 is 0 Å². The van der Waals surface area contributed by atoms with E-state index in [1.165, 1.54) is 0 Å². The van der Waals surface area contributed by atoms with Crippen molar-refractivity contribution in [1.29, 1.82) is 0 Å². The molecule has 2 rings (SSSR count). The molecule has 1 N–H and O–H groups in total. The van der Waals surface area contributed by atoms with Crippen molar-refractivity contribution in [2.45, 2.75) is 45.1 Å². The highest BCUT2D eigenvalue weighted by Crippen LogP contribution is 2.17. The summed E-state index contributed by atoms with van der Waals surface area (Å²) in [6, 6.07) is 6.14. The molecule has 0 aliphatic carbocycles. The number of aliphatic hydroxyl groups excluding tert-OH is 1. The van der Waals surface area contributed by atoms with E-state index in [0.29, 0.717) is 13.1 Å². The Hall–Kier alpha value is -1.01. The van der Waals surface area contributed by atoms with Gasteiger partial charge in [0, 0.05) is 38.4 Å². The monoisotopic (exact) mass is 307 g/mol. The van der Waals surface area contributed by atoms with Gasteiger partial charge in [0.15, 0.2) is 0 Å². The molecule has 2 heterocycles. The molecule has 1 aliphatic heterocycles. The molecular weight excluding hydrogens is 278 g/mol. The van der Waals surface area contributed by atoms with Crippen LogP contribution in [-0.4, -0.2) is 71.4 Å². The SMILES string of the molecule is CC1CN(CC(O)CN(C)C(C)c2ccccn2)CC(C)O1. The van der Waals surface area contributed by atoms with Crippen LogP contribution in [-0.2, 0) is 4.74 Å². The summed E-state index contributed by atoms with van der Waals surface area (Å²) in [7, 11) is 2.03. The molecule has 4 atom stereocenters. The number of likely N-dealkylation sites (N-methyl/N-ethyl adjacent to an activating group) is 1. The smallest absolute Gasteiger partial charge is 0.0793 e. The van der Waals surface area contributed by atoms with Gasteiger partial charge in [-0.2, -0.15) is 0 Å². The Morgan fingerprint density at radius 3 is 2.64 bits per heavy atom. The van der Waals surface area contributed by atoms with Crippen molar-refractivity contribution in [2.75, 3.05) is 33.2 Å². The van der Waals surface area contributed by atoms with Crippen LogP contribution in [0.15, 0.2) is 24.4 Å². The fourth-order valence-corrected chi connectivity index (χ4v) is 3.13. The fourth-order valence-electron chi connectivity index (χ4n) is 3.13. The summed E-state index contributed by atoms with van der Waals surface area (Å²) in [5.41, 5.74) is 1.03. The summed E-state index contributed by atoms with van der Waals surface area (Å²) in [5, 5.41) is 10.4. The minimum Gasteiger partial charge on any atom is -0.390 e. The lowest BCUT2D eigenvalue weighted by Crippen LogP contribution is -2.49. The van der Waals surface area contributed by atoms with Crippen molar-refractivity contribution < 1.29 is 9.84 Å². The Kier molecular flexibility index (Phi) is 6.32. The summed E-state index contributed by atoms with van der Waals surface area (Å²) in [6.45, 7) is 9.40. The van der Waals surface area contributed by atoms with E-state index < -0.39 is 0 Å². The van der Waals surface area contributed by atoms with Crippen molar-refractivity contribution >= 4 is 0 Å². The second-order valence-corrected chi connectivity index (χ2v) is 6.50. The lowest BCUT2D eigenvalue weighted by atomic mass is 10.1. The molecule has 22 heavy (non-hydrogen) atoms. The second-order valence-electron chi connectivity index (χ2n) is 6.50. The molecular formula is C17H29N3O2. The van der Waals surface area contributed by atoms with E-state index in [4.69, 9.17) is 4.74 Å². The first-order valence-corrected chi connectivity index (χ1v) is 8.12. The third-order valence-electron chi connectivity index (χ3n) is 4.24. The van der Waals surface area contributed by atoms with Gasteiger partial charge in [0.2, 0.25) is 0 Å². The third-order valence-corrected chi connectivity index (χ3v) is 4.24. The Morgan fingerprint density at radius 1 is 1.36 bits per heavy atom. The molecule has 1 saturated heterocycles. The maximum Gasteiger partial charge on any atom is 0.0793 e. The van der Waals surface area contributed by atoms with E-state index in [-0.39, 0.29) is 24.4 Å². The van der Waals surface area contributed by atoms with Crippen LogP contribution in [0.5, 0.6) is 0 Å².